The molecule has 0 rings (SSSR count). The Hall–Kier alpha value is -0.860. The summed E-state index contributed by atoms with van der Waals surface area (Å²) in [7, 11) is 0. The average molecular weight is 171 g/mol. The van der Waals surface area contributed by atoms with Gasteiger partial charge in [-0.15, -0.1) is 0 Å². The number of Topliss-reactive ketones (excluding diaryl/α,β-unsaturated/α-hetero) is 1. The van der Waals surface area contributed by atoms with Gasteiger partial charge in [-0.3, -0.25) is 9.59 Å². The van der Waals surface area contributed by atoms with Gasteiger partial charge in [0.25, 0.3) is 5.91 Å². The predicted molar refractivity (Wildman–Crippen MR) is 47.8 cm³/mol. The number of amides is 1. The molecule has 70 valence electrons. The van der Waals surface area contributed by atoms with Crippen LogP contribution in [-0.4, -0.2) is 28.7 Å². The highest BCUT2D eigenvalue weighted by molar-refractivity contribution is 6.35. The lowest BCUT2D eigenvalue weighted by molar-refractivity contribution is -0.146. The van der Waals surface area contributed by atoms with E-state index < -0.39 is 5.78 Å². The molecule has 0 saturated heterocycles. The van der Waals surface area contributed by atoms with Gasteiger partial charge in [0.2, 0.25) is 5.78 Å². The Morgan fingerprint density at radius 3 is 1.42 bits per heavy atom. The van der Waals surface area contributed by atoms with Gasteiger partial charge in [0, 0.05) is 19.0 Å². The highest BCUT2D eigenvalue weighted by atomic mass is 16.2. The summed E-state index contributed by atoms with van der Waals surface area (Å²) in [5.74, 6) is -0.780. The van der Waals surface area contributed by atoms with Crippen LogP contribution >= 0.6 is 0 Å². The fourth-order valence-electron chi connectivity index (χ4n) is 1.25. The van der Waals surface area contributed by atoms with Crippen LogP contribution in [0.15, 0.2) is 0 Å². The summed E-state index contributed by atoms with van der Waals surface area (Å²) in [4.78, 5) is 23.7. The minimum atomic E-state index is -0.391. The highest BCUT2D eigenvalue weighted by Crippen LogP contribution is 2.05. The van der Waals surface area contributed by atoms with E-state index in [2.05, 4.69) is 0 Å². The third-order valence-electron chi connectivity index (χ3n) is 1.65. The molecule has 12 heavy (non-hydrogen) atoms. The fourth-order valence-corrected chi connectivity index (χ4v) is 1.25. The molecule has 0 aliphatic carbocycles. The second-order valence-electron chi connectivity index (χ2n) is 3.46. The van der Waals surface area contributed by atoms with E-state index in [1.165, 1.54) is 6.92 Å². The van der Waals surface area contributed by atoms with E-state index in [1.807, 2.05) is 27.7 Å². The summed E-state index contributed by atoms with van der Waals surface area (Å²) >= 11 is 0. The zero-order chi connectivity index (χ0) is 9.89. The molecule has 0 bridgehead atoms. The van der Waals surface area contributed by atoms with Crippen LogP contribution in [0.4, 0.5) is 0 Å². The van der Waals surface area contributed by atoms with Gasteiger partial charge in [0.1, 0.15) is 0 Å². The molecule has 0 heterocycles. The third kappa shape index (κ3) is 2.64. The molecular weight excluding hydrogens is 154 g/mol. The van der Waals surface area contributed by atoms with Crippen LogP contribution < -0.4 is 0 Å². The van der Waals surface area contributed by atoms with Crippen LogP contribution in [0.2, 0.25) is 0 Å². The molecule has 0 radical (unpaired) electrons. The van der Waals surface area contributed by atoms with Crippen LogP contribution in [0.25, 0.3) is 0 Å². The van der Waals surface area contributed by atoms with E-state index in [4.69, 9.17) is 0 Å². The van der Waals surface area contributed by atoms with Crippen molar-refractivity contribution in [1.82, 2.24) is 4.90 Å². The van der Waals surface area contributed by atoms with Gasteiger partial charge in [0.15, 0.2) is 0 Å². The van der Waals surface area contributed by atoms with Crippen LogP contribution in [0, 0.1) is 0 Å². The molecule has 0 aromatic carbocycles. The minimum absolute atomic E-state index is 0.0846. The summed E-state index contributed by atoms with van der Waals surface area (Å²) in [5, 5.41) is 0. The molecule has 0 unspecified atom stereocenters. The highest BCUT2D eigenvalue weighted by Gasteiger charge is 2.22. The van der Waals surface area contributed by atoms with Crippen molar-refractivity contribution in [3.05, 3.63) is 0 Å². The van der Waals surface area contributed by atoms with E-state index in [0.717, 1.165) is 0 Å². The summed E-state index contributed by atoms with van der Waals surface area (Å²) in [6.07, 6.45) is 0. The van der Waals surface area contributed by atoms with E-state index in [9.17, 15) is 9.59 Å². The Bertz CT molecular complexity index is 177. The molecular formula is C9H17NO2. The van der Waals surface area contributed by atoms with Crippen molar-refractivity contribution in [3.63, 3.8) is 0 Å². The topological polar surface area (TPSA) is 37.4 Å². The minimum Gasteiger partial charge on any atom is -0.331 e. The zero-order valence-corrected chi connectivity index (χ0v) is 8.42. The molecule has 0 atom stereocenters. The fraction of sp³-hybridized carbons (Fsp3) is 0.778. The quantitative estimate of drug-likeness (QED) is 0.599. The molecule has 0 N–H and O–H groups in total. The second-order valence-corrected chi connectivity index (χ2v) is 3.46. The Morgan fingerprint density at radius 2 is 1.33 bits per heavy atom. The standard InChI is InChI=1S/C9H17NO2/c1-6(2)10(7(3)4)9(12)8(5)11/h6-7H,1-5H3. The lowest BCUT2D eigenvalue weighted by Crippen LogP contribution is -2.44. The van der Waals surface area contributed by atoms with Crippen molar-refractivity contribution in [2.75, 3.05) is 0 Å². The van der Waals surface area contributed by atoms with Crippen molar-refractivity contribution >= 4 is 11.7 Å². The SMILES string of the molecule is CC(=O)C(=O)N(C(C)C)C(C)C. The van der Waals surface area contributed by atoms with Crippen molar-refractivity contribution in [2.45, 2.75) is 46.7 Å². The lowest BCUT2D eigenvalue weighted by Gasteiger charge is -2.29. The molecule has 0 saturated carbocycles. The number of carbonyl (C=O) groups excluding carboxylic acids is 2. The maximum Gasteiger partial charge on any atom is 0.290 e. The number of rotatable bonds is 3. The molecule has 0 aliphatic heterocycles. The smallest absolute Gasteiger partial charge is 0.290 e. The molecule has 0 aromatic rings. The van der Waals surface area contributed by atoms with Gasteiger partial charge in [-0.05, 0) is 27.7 Å². The van der Waals surface area contributed by atoms with Gasteiger partial charge in [0.05, 0.1) is 0 Å². The Kier molecular flexibility index (Phi) is 3.93. The van der Waals surface area contributed by atoms with Gasteiger partial charge in [-0.2, -0.15) is 0 Å². The van der Waals surface area contributed by atoms with Crippen molar-refractivity contribution in [1.29, 1.82) is 0 Å². The van der Waals surface area contributed by atoms with E-state index in [-0.39, 0.29) is 18.0 Å². The van der Waals surface area contributed by atoms with Gasteiger partial charge >= 0.3 is 0 Å². The number of nitrogens with zero attached hydrogens (tertiary/aromatic N) is 1. The zero-order valence-electron chi connectivity index (χ0n) is 8.42. The number of hydrogen-bond donors (Lipinski definition) is 0. The predicted octanol–water partition coefficient (Wildman–Crippen LogP) is 1.22. The molecule has 0 spiro atoms. The van der Waals surface area contributed by atoms with Crippen LogP contribution in [0.5, 0.6) is 0 Å². The molecule has 0 fully saturated rings. The van der Waals surface area contributed by atoms with E-state index >= 15 is 0 Å². The average Bonchev–Trinajstić information content (AvgIpc) is 1.85. The van der Waals surface area contributed by atoms with Gasteiger partial charge in [-0.1, -0.05) is 0 Å². The third-order valence-corrected chi connectivity index (χ3v) is 1.65. The monoisotopic (exact) mass is 171 g/mol. The van der Waals surface area contributed by atoms with E-state index in [0.29, 0.717) is 0 Å². The maximum absolute atomic E-state index is 11.3. The van der Waals surface area contributed by atoms with Crippen LogP contribution in [0.1, 0.15) is 34.6 Å². The summed E-state index contributed by atoms with van der Waals surface area (Å²) < 4.78 is 0. The first-order valence-corrected chi connectivity index (χ1v) is 4.21. The first kappa shape index (κ1) is 11.1. The first-order chi connectivity index (χ1) is 5.37. The molecule has 1 amide bonds. The Balaban J connectivity index is 4.52. The first-order valence-electron chi connectivity index (χ1n) is 4.21. The number of ketones is 1. The molecule has 0 aliphatic rings. The van der Waals surface area contributed by atoms with Crippen molar-refractivity contribution < 1.29 is 9.59 Å². The summed E-state index contributed by atoms with van der Waals surface area (Å²) in [6, 6.07) is 0.169. The second kappa shape index (κ2) is 4.24. The maximum atomic E-state index is 11.3. The van der Waals surface area contributed by atoms with Crippen molar-refractivity contribution in [2.24, 2.45) is 0 Å². The van der Waals surface area contributed by atoms with Crippen molar-refractivity contribution in [3.8, 4) is 0 Å². The molecule has 3 heteroatoms. The summed E-state index contributed by atoms with van der Waals surface area (Å²) in [6.45, 7) is 8.92. The normalized spacial score (nSPS) is 10.6. The van der Waals surface area contributed by atoms with E-state index in [1.54, 1.807) is 4.90 Å². The summed E-state index contributed by atoms with van der Waals surface area (Å²) in [5.41, 5.74) is 0. The lowest BCUT2D eigenvalue weighted by atomic mass is 10.2. The van der Waals surface area contributed by atoms with Crippen LogP contribution in [-0.2, 0) is 9.59 Å². The van der Waals surface area contributed by atoms with Crippen LogP contribution in [0.3, 0.4) is 0 Å². The van der Waals surface area contributed by atoms with Gasteiger partial charge in [-0.25, -0.2) is 0 Å². The molecule has 0 aromatic heterocycles. The van der Waals surface area contributed by atoms with Gasteiger partial charge < -0.3 is 4.90 Å². The Labute approximate surface area is 73.7 Å². The Morgan fingerprint density at radius 1 is 1.00 bits per heavy atom. The number of carbonyl (C=O) groups is 2. The largest absolute Gasteiger partial charge is 0.331 e. The molecule has 3 nitrogen and oxygen atoms in total. The number of hydrogen-bond acceptors (Lipinski definition) is 2.